The van der Waals surface area contributed by atoms with Crippen molar-refractivity contribution in [3.63, 3.8) is 0 Å². The van der Waals surface area contributed by atoms with Gasteiger partial charge in [0.15, 0.2) is 17.5 Å². The Morgan fingerprint density at radius 3 is 2.27 bits per heavy atom. The highest BCUT2D eigenvalue weighted by molar-refractivity contribution is 14.0. The second-order valence-electron chi connectivity index (χ2n) is 8.18. The van der Waals surface area contributed by atoms with Gasteiger partial charge >= 0.3 is 0 Å². The van der Waals surface area contributed by atoms with Crippen molar-refractivity contribution >= 4 is 35.6 Å². The standard InChI is InChI=1S/C25H32FN5O.HI/c1-27-25(28-18-20-5-8-22(9-6-20)30-11-3-4-12-30)31-15-13-29(14-16-31)19-21-7-10-24(32-2)23(26)17-21;/h3-10,17H,11-16,18-19H2,1-2H3,(H,27,28);1H. The number of guanidine groups is 1. The summed E-state index contributed by atoms with van der Waals surface area (Å²) in [5.41, 5.74) is 3.46. The van der Waals surface area contributed by atoms with Crippen LogP contribution in [-0.2, 0) is 13.1 Å². The molecule has 2 heterocycles. The van der Waals surface area contributed by atoms with E-state index in [0.717, 1.165) is 63.9 Å². The number of methoxy groups -OCH3 is 1. The second kappa shape index (κ2) is 12.2. The quantitative estimate of drug-likeness (QED) is 0.251. The Hall–Kier alpha value is -2.33. The van der Waals surface area contributed by atoms with Crippen LogP contribution < -0.4 is 15.0 Å². The summed E-state index contributed by atoms with van der Waals surface area (Å²) in [5.74, 6) is 0.905. The molecule has 0 radical (unpaired) electrons. The number of ether oxygens (including phenoxy) is 1. The van der Waals surface area contributed by atoms with E-state index in [1.807, 2.05) is 13.1 Å². The molecule has 2 aliphatic rings. The van der Waals surface area contributed by atoms with E-state index in [9.17, 15) is 4.39 Å². The van der Waals surface area contributed by atoms with Gasteiger partial charge in [-0.1, -0.05) is 30.4 Å². The minimum absolute atomic E-state index is 0. The first-order chi connectivity index (χ1) is 15.7. The minimum Gasteiger partial charge on any atom is -0.494 e. The van der Waals surface area contributed by atoms with Crippen molar-refractivity contribution in [1.29, 1.82) is 0 Å². The second-order valence-corrected chi connectivity index (χ2v) is 8.18. The Balaban J connectivity index is 0.00000306. The van der Waals surface area contributed by atoms with Crippen LogP contribution in [0, 0.1) is 5.82 Å². The minimum atomic E-state index is -0.307. The molecular formula is C25H33FIN5O. The van der Waals surface area contributed by atoms with E-state index in [1.54, 1.807) is 12.1 Å². The van der Waals surface area contributed by atoms with Crippen LogP contribution >= 0.6 is 24.0 Å². The van der Waals surface area contributed by atoms with E-state index >= 15 is 0 Å². The molecule has 0 spiro atoms. The van der Waals surface area contributed by atoms with Crippen LogP contribution in [-0.4, -0.2) is 69.2 Å². The number of nitrogens with zero attached hydrogens (tertiary/aromatic N) is 4. The van der Waals surface area contributed by atoms with Gasteiger partial charge in [-0.15, -0.1) is 24.0 Å². The van der Waals surface area contributed by atoms with E-state index in [2.05, 4.69) is 61.4 Å². The van der Waals surface area contributed by atoms with Crippen LogP contribution in [0.4, 0.5) is 10.1 Å². The molecule has 0 amide bonds. The summed E-state index contributed by atoms with van der Waals surface area (Å²) in [6.07, 6.45) is 4.41. The summed E-state index contributed by atoms with van der Waals surface area (Å²) in [7, 11) is 3.32. The lowest BCUT2D eigenvalue weighted by molar-refractivity contribution is 0.172. The highest BCUT2D eigenvalue weighted by atomic mass is 127. The summed E-state index contributed by atoms with van der Waals surface area (Å²) in [4.78, 5) is 11.5. The maximum atomic E-state index is 14.0. The van der Waals surface area contributed by atoms with Gasteiger partial charge < -0.3 is 19.9 Å². The molecule has 6 nitrogen and oxygen atoms in total. The first kappa shape index (κ1) is 25.3. The molecule has 1 fully saturated rings. The number of piperazine rings is 1. The number of aliphatic imine (C=N–C) groups is 1. The van der Waals surface area contributed by atoms with Crippen molar-refractivity contribution in [1.82, 2.24) is 15.1 Å². The first-order valence-electron chi connectivity index (χ1n) is 11.2. The zero-order valence-corrected chi connectivity index (χ0v) is 21.7. The highest BCUT2D eigenvalue weighted by Crippen LogP contribution is 2.20. The number of hydrogen-bond acceptors (Lipinski definition) is 4. The average Bonchev–Trinajstić information content (AvgIpc) is 3.36. The van der Waals surface area contributed by atoms with Crippen molar-refractivity contribution < 1.29 is 9.13 Å². The first-order valence-corrected chi connectivity index (χ1v) is 11.2. The summed E-state index contributed by atoms with van der Waals surface area (Å²) in [6, 6.07) is 13.9. The SMILES string of the molecule is CN=C(NCc1ccc(N2CC=CC2)cc1)N1CCN(Cc2ccc(OC)c(F)c2)CC1.I. The molecule has 178 valence electrons. The molecule has 8 heteroatoms. The Morgan fingerprint density at radius 2 is 1.67 bits per heavy atom. The van der Waals surface area contributed by atoms with Gasteiger partial charge in [0.25, 0.3) is 0 Å². The number of hydrogen-bond donors (Lipinski definition) is 1. The molecule has 2 aromatic carbocycles. The Bertz CT molecular complexity index is 950. The van der Waals surface area contributed by atoms with Gasteiger partial charge in [0, 0.05) is 65.1 Å². The van der Waals surface area contributed by atoms with Gasteiger partial charge in [-0.3, -0.25) is 9.89 Å². The van der Waals surface area contributed by atoms with Gasteiger partial charge in [-0.05, 0) is 35.4 Å². The number of halogens is 2. The maximum Gasteiger partial charge on any atom is 0.194 e. The lowest BCUT2D eigenvalue weighted by Crippen LogP contribution is -2.52. The molecule has 1 N–H and O–H groups in total. The van der Waals surface area contributed by atoms with Crippen LogP contribution in [0.2, 0.25) is 0 Å². The fourth-order valence-electron chi connectivity index (χ4n) is 4.21. The van der Waals surface area contributed by atoms with E-state index in [-0.39, 0.29) is 35.5 Å². The zero-order chi connectivity index (χ0) is 22.3. The van der Waals surface area contributed by atoms with E-state index < -0.39 is 0 Å². The molecule has 0 unspecified atom stereocenters. The van der Waals surface area contributed by atoms with Gasteiger partial charge in [-0.2, -0.15) is 0 Å². The fraction of sp³-hybridized carbons (Fsp3) is 0.400. The van der Waals surface area contributed by atoms with Gasteiger partial charge in [0.05, 0.1) is 7.11 Å². The van der Waals surface area contributed by atoms with E-state index in [0.29, 0.717) is 0 Å². The van der Waals surface area contributed by atoms with Crippen molar-refractivity contribution in [2.24, 2.45) is 4.99 Å². The van der Waals surface area contributed by atoms with Crippen LogP contribution in [0.25, 0.3) is 0 Å². The van der Waals surface area contributed by atoms with E-state index in [4.69, 9.17) is 4.74 Å². The third kappa shape index (κ3) is 6.60. The third-order valence-electron chi connectivity index (χ3n) is 6.08. The van der Waals surface area contributed by atoms with Crippen molar-refractivity contribution in [3.05, 3.63) is 71.6 Å². The average molecular weight is 565 g/mol. The van der Waals surface area contributed by atoms with E-state index in [1.165, 1.54) is 18.4 Å². The molecule has 0 aliphatic carbocycles. The smallest absolute Gasteiger partial charge is 0.194 e. The Labute approximate surface area is 213 Å². The van der Waals surface area contributed by atoms with Crippen LogP contribution in [0.15, 0.2) is 59.6 Å². The largest absolute Gasteiger partial charge is 0.494 e. The van der Waals surface area contributed by atoms with Gasteiger partial charge in [0.1, 0.15) is 0 Å². The molecule has 0 aromatic heterocycles. The predicted octanol–water partition coefficient (Wildman–Crippen LogP) is 3.72. The molecule has 1 saturated heterocycles. The van der Waals surface area contributed by atoms with Crippen molar-refractivity contribution in [2.75, 3.05) is 58.3 Å². The Kier molecular flexibility index (Phi) is 9.37. The molecule has 4 rings (SSSR count). The molecule has 0 bridgehead atoms. The molecule has 2 aliphatic heterocycles. The summed E-state index contributed by atoms with van der Waals surface area (Å²) in [6.45, 7) is 7.06. The van der Waals surface area contributed by atoms with Crippen molar-refractivity contribution in [2.45, 2.75) is 13.1 Å². The lowest BCUT2D eigenvalue weighted by Gasteiger charge is -2.36. The molecule has 2 aromatic rings. The number of anilines is 1. The van der Waals surface area contributed by atoms with Gasteiger partial charge in [-0.25, -0.2) is 4.39 Å². The molecular weight excluding hydrogens is 532 g/mol. The highest BCUT2D eigenvalue weighted by Gasteiger charge is 2.20. The lowest BCUT2D eigenvalue weighted by atomic mass is 10.2. The predicted molar refractivity (Wildman–Crippen MR) is 143 cm³/mol. The van der Waals surface area contributed by atoms with Crippen molar-refractivity contribution in [3.8, 4) is 5.75 Å². The molecule has 33 heavy (non-hydrogen) atoms. The summed E-state index contributed by atoms with van der Waals surface area (Å²) in [5, 5.41) is 3.50. The fourth-order valence-corrected chi connectivity index (χ4v) is 4.21. The summed E-state index contributed by atoms with van der Waals surface area (Å²) >= 11 is 0. The number of benzene rings is 2. The monoisotopic (exact) mass is 565 g/mol. The van der Waals surface area contributed by atoms with Crippen LogP contribution in [0.1, 0.15) is 11.1 Å². The summed E-state index contributed by atoms with van der Waals surface area (Å²) < 4.78 is 19.0. The van der Waals surface area contributed by atoms with Gasteiger partial charge in [0.2, 0.25) is 0 Å². The third-order valence-corrected chi connectivity index (χ3v) is 6.08. The molecule has 0 atom stereocenters. The number of nitrogens with one attached hydrogen (secondary N) is 1. The topological polar surface area (TPSA) is 43.3 Å². The van der Waals surface area contributed by atoms with Crippen LogP contribution in [0.5, 0.6) is 5.75 Å². The zero-order valence-electron chi connectivity index (χ0n) is 19.3. The molecule has 0 saturated carbocycles. The normalized spacial score (nSPS) is 16.6. The number of rotatable bonds is 6. The van der Waals surface area contributed by atoms with Crippen LogP contribution in [0.3, 0.4) is 0 Å². The maximum absolute atomic E-state index is 14.0. The Morgan fingerprint density at radius 1 is 1.00 bits per heavy atom.